The van der Waals surface area contributed by atoms with Gasteiger partial charge in [-0.15, -0.1) is 0 Å². The summed E-state index contributed by atoms with van der Waals surface area (Å²) in [5.41, 5.74) is 6.54. The summed E-state index contributed by atoms with van der Waals surface area (Å²) in [4.78, 5) is 17.0. The van der Waals surface area contributed by atoms with E-state index in [0.717, 1.165) is 27.1 Å². The molecule has 1 aliphatic rings. The second kappa shape index (κ2) is 9.38. The Morgan fingerprint density at radius 3 is 2.09 bits per heavy atom. The zero-order chi connectivity index (χ0) is 22.7. The Labute approximate surface area is 186 Å². The molecule has 3 aromatic carbocycles. The molecule has 1 aliphatic heterocycles. The van der Waals surface area contributed by atoms with Crippen LogP contribution in [-0.2, 0) is 23.1 Å². The van der Waals surface area contributed by atoms with Gasteiger partial charge in [-0.05, 0) is 47.0 Å². The summed E-state index contributed by atoms with van der Waals surface area (Å²) in [5.74, 6) is -1.51. The Kier molecular flexibility index (Phi) is 6.58. The van der Waals surface area contributed by atoms with Crippen LogP contribution in [0.25, 0.3) is 21.5 Å². The van der Waals surface area contributed by atoms with Crippen LogP contribution >= 0.6 is 7.60 Å². The minimum atomic E-state index is -3.67. The summed E-state index contributed by atoms with van der Waals surface area (Å²) in [6.45, 7) is 3.92. The molecule has 0 fully saturated rings. The SMILES string of the molecule is CCOP(=O)(OCC)[C@@H]1NNC(C(=O)OC)=N[C@H]1c1c2ccccc2cc2ccccc12. The number of esters is 1. The fourth-order valence-electron chi connectivity index (χ4n) is 4.06. The fourth-order valence-corrected chi connectivity index (χ4v) is 5.96. The van der Waals surface area contributed by atoms with Gasteiger partial charge < -0.3 is 13.8 Å². The van der Waals surface area contributed by atoms with E-state index in [0.29, 0.717) is 0 Å². The average molecular weight is 455 g/mol. The van der Waals surface area contributed by atoms with Crippen molar-refractivity contribution < 1.29 is 23.1 Å². The highest BCUT2D eigenvalue weighted by molar-refractivity contribution is 7.54. The normalized spacial score (nSPS) is 18.9. The van der Waals surface area contributed by atoms with Gasteiger partial charge in [0.05, 0.1) is 20.3 Å². The van der Waals surface area contributed by atoms with Crippen LogP contribution in [0.15, 0.2) is 59.6 Å². The van der Waals surface area contributed by atoms with Gasteiger partial charge >= 0.3 is 13.6 Å². The Morgan fingerprint density at radius 1 is 1.00 bits per heavy atom. The number of amidine groups is 1. The highest BCUT2D eigenvalue weighted by Crippen LogP contribution is 2.57. The van der Waals surface area contributed by atoms with E-state index >= 15 is 0 Å². The molecule has 2 N–H and O–H groups in total. The van der Waals surface area contributed by atoms with Gasteiger partial charge in [0, 0.05) is 0 Å². The minimum Gasteiger partial charge on any atom is -0.463 e. The van der Waals surface area contributed by atoms with Crippen LogP contribution < -0.4 is 10.9 Å². The number of benzene rings is 3. The van der Waals surface area contributed by atoms with E-state index in [1.165, 1.54) is 7.11 Å². The topological polar surface area (TPSA) is 98.2 Å². The Hall–Kier alpha value is -2.77. The lowest BCUT2D eigenvalue weighted by Gasteiger charge is -2.35. The second-order valence-electron chi connectivity index (χ2n) is 7.24. The smallest absolute Gasteiger partial charge is 0.374 e. The Morgan fingerprint density at radius 2 is 1.56 bits per heavy atom. The number of hydrazine groups is 1. The number of nitrogens with one attached hydrogen (secondary N) is 2. The predicted octanol–water partition coefficient (Wildman–Crippen LogP) is 4.31. The Bertz CT molecular complexity index is 1160. The number of aliphatic imine (C=N–C) groups is 1. The molecule has 2 atom stereocenters. The largest absolute Gasteiger partial charge is 0.463 e. The van der Waals surface area contributed by atoms with Gasteiger partial charge in [-0.3, -0.25) is 15.0 Å². The summed E-state index contributed by atoms with van der Waals surface area (Å²) in [6.07, 6.45) is 0. The van der Waals surface area contributed by atoms with Crippen molar-refractivity contribution in [1.29, 1.82) is 0 Å². The maximum atomic E-state index is 13.8. The minimum absolute atomic E-state index is 0.00897. The molecule has 32 heavy (non-hydrogen) atoms. The third-order valence-corrected chi connectivity index (χ3v) is 7.68. The van der Waals surface area contributed by atoms with Crippen LogP contribution in [-0.4, -0.2) is 37.9 Å². The van der Waals surface area contributed by atoms with Crippen molar-refractivity contribution in [2.75, 3.05) is 20.3 Å². The van der Waals surface area contributed by atoms with Crippen molar-refractivity contribution in [3.05, 3.63) is 60.2 Å². The van der Waals surface area contributed by atoms with Crippen LogP contribution in [0.4, 0.5) is 0 Å². The summed E-state index contributed by atoms with van der Waals surface area (Å²) < 4.78 is 30.0. The van der Waals surface area contributed by atoms with Gasteiger partial charge in [0.25, 0.3) is 0 Å². The average Bonchev–Trinajstić information content (AvgIpc) is 2.82. The molecule has 0 unspecified atom stereocenters. The molecule has 0 radical (unpaired) electrons. The molecule has 0 amide bonds. The van der Waals surface area contributed by atoms with Crippen molar-refractivity contribution in [2.24, 2.45) is 4.99 Å². The first-order valence-electron chi connectivity index (χ1n) is 10.5. The number of carbonyl (C=O) groups excluding carboxylic acids is 1. The maximum Gasteiger partial charge on any atom is 0.374 e. The monoisotopic (exact) mass is 455 g/mol. The molecule has 0 saturated heterocycles. The predicted molar refractivity (Wildman–Crippen MR) is 125 cm³/mol. The molecular weight excluding hydrogens is 429 g/mol. The number of rotatable bonds is 7. The van der Waals surface area contributed by atoms with Crippen LogP contribution in [0.1, 0.15) is 25.5 Å². The van der Waals surface area contributed by atoms with Gasteiger partial charge in [0.2, 0.25) is 5.84 Å². The molecule has 0 aliphatic carbocycles. The number of fused-ring (bicyclic) bond motifs is 2. The fraction of sp³-hybridized carbons (Fsp3) is 0.304. The van der Waals surface area contributed by atoms with Gasteiger partial charge in [-0.1, -0.05) is 48.5 Å². The lowest BCUT2D eigenvalue weighted by Crippen LogP contribution is -2.53. The molecule has 9 heteroatoms. The van der Waals surface area contributed by atoms with E-state index in [-0.39, 0.29) is 19.0 Å². The lowest BCUT2D eigenvalue weighted by molar-refractivity contribution is -0.133. The molecule has 4 rings (SSSR count). The summed E-state index contributed by atoms with van der Waals surface area (Å²) in [6, 6.07) is 17.2. The second-order valence-corrected chi connectivity index (χ2v) is 9.39. The number of hydrogen-bond acceptors (Lipinski definition) is 8. The van der Waals surface area contributed by atoms with Crippen LogP contribution in [0.2, 0.25) is 0 Å². The van der Waals surface area contributed by atoms with Crippen molar-refractivity contribution >= 4 is 40.9 Å². The number of methoxy groups -OCH3 is 1. The Balaban J connectivity index is 2.02. The molecule has 0 aromatic heterocycles. The molecule has 0 saturated carbocycles. The van der Waals surface area contributed by atoms with Crippen LogP contribution in [0.5, 0.6) is 0 Å². The van der Waals surface area contributed by atoms with E-state index in [1.807, 2.05) is 48.5 Å². The van der Waals surface area contributed by atoms with Gasteiger partial charge in [-0.25, -0.2) is 10.2 Å². The van der Waals surface area contributed by atoms with Crippen molar-refractivity contribution in [3.63, 3.8) is 0 Å². The molecule has 3 aromatic rings. The quantitative estimate of drug-likeness (QED) is 0.311. The van der Waals surface area contributed by atoms with Gasteiger partial charge in [-0.2, -0.15) is 0 Å². The molecule has 8 nitrogen and oxygen atoms in total. The standard InChI is InChI=1S/C23H26N3O5P/c1-4-30-32(28,31-5-2)22-20(24-21(25-26-22)23(27)29-3)19-17-12-8-6-10-15(17)14-16-11-7-9-13-18(16)19/h6-14,20,22,26H,4-5H2,1-3H3,(H,24,25)/t20-,22-/m0/s1. The molecule has 168 valence electrons. The summed E-state index contributed by atoms with van der Waals surface area (Å²) >= 11 is 0. The molecular formula is C23H26N3O5P. The van der Waals surface area contributed by atoms with E-state index in [9.17, 15) is 9.36 Å². The highest BCUT2D eigenvalue weighted by atomic mass is 31.2. The third-order valence-electron chi connectivity index (χ3n) is 5.35. The third kappa shape index (κ3) is 4.02. The zero-order valence-corrected chi connectivity index (χ0v) is 19.1. The van der Waals surface area contributed by atoms with E-state index in [4.69, 9.17) is 13.8 Å². The van der Waals surface area contributed by atoms with Crippen LogP contribution in [0, 0.1) is 0 Å². The van der Waals surface area contributed by atoms with E-state index < -0.39 is 25.4 Å². The lowest BCUT2D eigenvalue weighted by atomic mass is 9.92. The van der Waals surface area contributed by atoms with E-state index in [1.54, 1.807) is 13.8 Å². The van der Waals surface area contributed by atoms with Crippen molar-refractivity contribution in [2.45, 2.75) is 25.7 Å². The first-order chi connectivity index (χ1) is 15.5. The number of hydrogen-bond donors (Lipinski definition) is 2. The summed E-state index contributed by atoms with van der Waals surface area (Å²) in [5, 5.41) is 3.90. The van der Waals surface area contributed by atoms with Gasteiger partial charge in [0.1, 0.15) is 6.04 Å². The van der Waals surface area contributed by atoms with Crippen molar-refractivity contribution in [1.82, 2.24) is 10.9 Å². The number of carbonyl (C=O) groups is 1. The van der Waals surface area contributed by atoms with Gasteiger partial charge in [0.15, 0.2) is 5.78 Å². The van der Waals surface area contributed by atoms with E-state index in [2.05, 4.69) is 21.9 Å². The molecule has 0 spiro atoms. The summed E-state index contributed by atoms with van der Waals surface area (Å²) in [7, 11) is -2.39. The first kappa shape index (κ1) is 22.4. The molecule has 0 bridgehead atoms. The maximum absolute atomic E-state index is 13.8. The number of ether oxygens (including phenoxy) is 1. The van der Waals surface area contributed by atoms with Crippen LogP contribution in [0.3, 0.4) is 0 Å². The first-order valence-corrected chi connectivity index (χ1v) is 12.1. The van der Waals surface area contributed by atoms with Crippen molar-refractivity contribution in [3.8, 4) is 0 Å². The highest BCUT2D eigenvalue weighted by Gasteiger charge is 2.46. The molecule has 1 heterocycles. The zero-order valence-electron chi connectivity index (χ0n) is 18.2. The number of nitrogens with zero attached hydrogens (tertiary/aromatic N) is 1.